The number of nitrogens with one attached hydrogen (secondary N) is 1. The summed E-state index contributed by atoms with van der Waals surface area (Å²) in [5, 5.41) is 3.51. The van der Waals surface area contributed by atoms with Crippen LogP contribution in [0.25, 0.3) is 0 Å². The first kappa shape index (κ1) is 25.5. The van der Waals surface area contributed by atoms with Crippen molar-refractivity contribution in [3.63, 3.8) is 0 Å². The second-order valence-electron chi connectivity index (χ2n) is 7.89. The van der Waals surface area contributed by atoms with Crippen LogP contribution in [0.4, 0.5) is 0 Å². The highest BCUT2D eigenvalue weighted by atomic mass is 35.5. The molecule has 1 atom stereocenters. The number of hydrogen-bond acceptors (Lipinski definition) is 4. The van der Waals surface area contributed by atoms with Gasteiger partial charge in [-0.05, 0) is 56.0 Å². The van der Waals surface area contributed by atoms with Gasteiger partial charge in [0.25, 0.3) is 0 Å². The van der Waals surface area contributed by atoms with Crippen LogP contribution in [-0.2, 0) is 22.6 Å². The number of halogens is 1. The number of rotatable bonds is 11. The Kier molecular flexibility index (Phi) is 9.85. The molecule has 2 aromatic carbocycles. The minimum atomic E-state index is -0.577. The zero-order valence-electron chi connectivity index (χ0n) is 19.5. The maximum Gasteiger partial charge on any atom is 0.243 e. The van der Waals surface area contributed by atoms with E-state index in [1.54, 1.807) is 25.2 Å². The third-order valence-corrected chi connectivity index (χ3v) is 5.56. The smallest absolute Gasteiger partial charge is 0.243 e. The molecule has 0 aliphatic carbocycles. The lowest BCUT2D eigenvalue weighted by Gasteiger charge is -2.31. The number of methoxy groups -OCH3 is 2. The van der Waals surface area contributed by atoms with Gasteiger partial charge in [0.2, 0.25) is 11.8 Å². The monoisotopic (exact) mass is 460 g/mol. The van der Waals surface area contributed by atoms with Gasteiger partial charge in [0.1, 0.15) is 6.04 Å². The molecular weight excluding hydrogens is 428 g/mol. The van der Waals surface area contributed by atoms with Gasteiger partial charge in [-0.3, -0.25) is 9.59 Å². The Morgan fingerprint density at radius 1 is 1.06 bits per heavy atom. The third-order valence-electron chi connectivity index (χ3n) is 5.19. The van der Waals surface area contributed by atoms with Gasteiger partial charge in [0, 0.05) is 24.0 Å². The Balaban J connectivity index is 2.24. The molecule has 0 fully saturated rings. The summed E-state index contributed by atoms with van der Waals surface area (Å²) in [5.74, 6) is 0.993. The van der Waals surface area contributed by atoms with Crippen molar-refractivity contribution in [2.45, 2.75) is 58.7 Å². The molecule has 6 nitrogen and oxygen atoms in total. The lowest BCUT2D eigenvalue weighted by molar-refractivity contribution is -0.141. The second-order valence-corrected chi connectivity index (χ2v) is 8.30. The van der Waals surface area contributed by atoms with Crippen LogP contribution in [-0.4, -0.2) is 43.0 Å². The highest BCUT2D eigenvalue weighted by Gasteiger charge is 2.29. The first-order valence-electron chi connectivity index (χ1n) is 10.8. The molecule has 0 aliphatic rings. The molecule has 0 spiro atoms. The van der Waals surface area contributed by atoms with Gasteiger partial charge in [0.05, 0.1) is 14.2 Å². The SMILES string of the molecule is CC[C@H](C(=O)NC(C)C)N(Cc1ccccc1Cl)C(=O)CCc1ccc(OC)c(OC)c1. The van der Waals surface area contributed by atoms with Crippen LogP contribution in [0.3, 0.4) is 0 Å². The highest BCUT2D eigenvalue weighted by Crippen LogP contribution is 2.28. The van der Waals surface area contributed by atoms with Crippen LogP contribution in [0.2, 0.25) is 5.02 Å². The summed E-state index contributed by atoms with van der Waals surface area (Å²) in [6, 6.07) is 12.4. The first-order valence-corrected chi connectivity index (χ1v) is 11.2. The van der Waals surface area contributed by atoms with Crippen LogP contribution in [0.1, 0.15) is 44.7 Å². The quantitative estimate of drug-likeness (QED) is 0.531. The van der Waals surface area contributed by atoms with E-state index in [0.717, 1.165) is 11.1 Å². The summed E-state index contributed by atoms with van der Waals surface area (Å²) >= 11 is 6.36. The van der Waals surface area contributed by atoms with Gasteiger partial charge < -0.3 is 19.7 Å². The molecule has 0 saturated heterocycles. The zero-order valence-corrected chi connectivity index (χ0v) is 20.2. The minimum absolute atomic E-state index is 0.0134. The fraction of sp³-hybridized carbons (Fsp3) is 0.440. The maximum absolute atomic E-state index is 13.3. The molecule has 2 aromatic rings. The van der Waals surface area contributed by atoms with Gasteiger partial charge in [-0.25, -0.2) is 0 Å². The van der Waals surface area contributed by atoms with Crippen LogP contribution in [0, 0.1) is 0 Å². The Labute approximate surface area is 195 Å². The third kappa shape index (κ3) is 6.89. The fourth-order valence-corrected chi connectivity index (χ4v) is 3.74. The highest BCUT2D eigenvalue weighted by molar-refractivity contribution is 6.31. The van der Waals surface area contributed by atoms with E-state index >= 15 is 0 Å². The lowest BCUT2D eigenvalue weighted by atomic mass is 10.1. The van der Waals surface area contributed by atoms with Crippen molar-refractivity contribution in [1.82, 2.24) is 10.2 Å². The molecule has 2 rings (SSSR count). The molecule has 0 bridgehead atoms. The van der Waals surface area contributed by atoms with Crippen molar-refractivity contribution in [2.75, 3.05) is 14.2 Å². The molecule has 0 aliphatic heterocycles. The van der Waals surface area contributed by atoms with Crippen molar-refractivity contribution in [2.24, 2.45) is 0 Å². The Morgan fingerprint density at radius 2 is 1.75 bits per heavy atom. The number of aryl methyl sites for hydroxylation is 1. The van der Waals surface area contributed by atoms with Crippen LogP contribution >= 0.6 is 11.6 Å². The molecule has 174 valence electrons. The number of carbonyl (C=O) groups excluding carboxylic acids is 2. The van der Waals surface area contributed by atoms with E-state index in [4.69, 9.17) is 21.1 Å². The fourth-order valence-electron chi connectivity index (χ4n) is 3.54. The van der Waals surface area contributed by atoms with Crippen molar-refractivity contribution in [1.29, 1.82) is 0 Å². The predicted molar refractivity (Wildman–Crippen MR) is 127 cm³/mol. The lowest BCUT2D eigenvalue weighted by Crippen LogP contribution is -2.50. The number of hydrogen-bond donors (Lipinski definition) is 1. The van der Waals surface area contributed by atoms with Crippen LogP contribution in [0.15, 0.2) is 42.5 Å². The molecule has 1 N–H and O–H groups in total. The van der Waals surface area contributed by atoms with E-state index in [-0.39, 0.29) is 30.8 Å². The zero-order chi connectivity index (χ0) is 23.7. The van der Waals surface area contributed by atoms with E-state index in [2.05, 4.69) is 5.32 Å². The Morgan fingerprint density at radius 3 is 2.34 bits per heavy atom. The largest absolute Gasteiger partial charge is 0.493 e. The molecule has 0 radical (unpaired) electrons. The molecular formula is C25H33ClN2O4. The van der Waals surface area contributed by atoms with Gasteiger partial charge in [-0.2, -0.15) is 0 Å². The number of benzene rings is 2. The number of amides is 2. The number of ether oxygens (including phenoxy) is 2. The summed E-state index contributed by atoms with van der Waals surface area (Å²) in [6.07, 6.45) is 1.27. The Hall–Kier alpha value is -2.73. The Bertz CT molecular complexity index is 917. The van der Waals surface area contributed by atoms with E-state index in [1.807, 2.05) is 57.2 Å². The molecule has 0 saturated carbocycles. The van der Waals surface area contributed by atoms with Gasteiger partial charge in [-0.15, -0.1) is 0 Å². The normalized spacial score (nSPS) is 11.7. The topological polar surface area (TPSA) is 67.9 Å². The molecule has 32 heavy (non-hydrogen) atoms. The van der Waals surface area contributed by atoms with Crippen LogP contribution in [0.5, 0.6) is 11.5 Å². The van der Waals surface area contributed by atoms with Gasteiger partial charge in [-0.1, -0.05) is 42.8 Å². The summed E-state index contributed by atoms with van der Waals surface area (Å²) < 4.78 is 10.6. The predicted octanol–water partition coefficient (Wildman–Crippen LogP) is 4.62. The average Bonchev–Trinajstić information content (AvgIpc) is 2.77. The minimum Gasteiger partial charge on any atom is -0.493 e. The van der Waals surface area contributed by atoms with Crippen molar-refractivity contribution in [3.05, 3.63) is 58.6 Å². The molecule has 0 heterocycles. The number of carbonyl (C=O) groups is 2. The van der Waals surface area contributed by atoms with Crippen molar-refractivity contribution < 1.29 is 19.1 Å². The summed E-state index contributed by atoms with van der Waals surface area (Å²) in [4.78, 5) is 27.9. The van der Waals surface area contributed by atoms with Crippen molar-refractivity contribution in [3.8, 4) is 11.5 Å². The molecule has 0 unspecified atom stereocenters. The van der Waals surface area contributed by atoms with E-state index < -0.39 is 6.04 Å². The van der Waals surface area contributed by atoms with E-state index in [0.29, 0.717) is 29.4 Å². The summed E-state index contributed by atoms with van der Waals surface area (Å²) in [5.41, 5.74) is 1.76. The standard InChI is InChI=1S/C25H33ClN2O4/c1-6-21(25(30)27-17(2)3)28(16-19-9-7-8-10-20(19)26)24(29)14-12-18-11-13-22(31-4)23(15-18)32-5/h7-11,13,15,17,21H,6,12,14,16H2,1-5H3,(H,27,30)/t21-/m1/s1. The van der Waals surface area contributed by atoms with Crippen molar-refractivity contribution >= 4 is 23.4 Å². The average molecular weight is 461 g/mol. The molecule has 0 aromatic heterocycles. The van der Waals surface area contributed by atoms with Gasteiger partial charge in [0.15, 0.2) is 11.5 Å². The van der Waals surface area contributed by atoms with Crippen LogP contribution < -0.4 is 14.8 Å². The van der Waals surface area contributed by atoms with Gasteiger partial charge >= 0.3 is 0 Å². The molecule has 7 heteroatoms. The van der Waals surface area contributed by atoms with E-state index in [1.165, 1.54) is 0 Å². The molecule has 2 amide bonds. The second kappa shape index (κ2) is 12.3. The number of nitrogens with zero attached hydrogens (tertiary/aromatic N) is 1. The first-order chi connectivity index (χ1) is 15.3. The van der Waals surface area contributed by atoms with E-state index in [9.17, 15) is 9.59 Å². The maximum atomic E-state index is 13.3. The summed E-state index contributed by atoms with van der Waals surface area (Å²) in [7, 11) is 3.16. The summed E-state index contributed by atoms with van der Waals surface area (Å²) in [6.45, 7) is 5.99.